The summed E-state index contributed by atoms with van der Waals surface area (Å²) in [6.45, 7) is 0. The number of anilines is 3. The minimum absolute atomic E-state index is 0.611. The lowest BCUT2D eigenvalue weighted by molar-refractivity contribution is 0.902. The Balaban J connectivity index is 0.950. The van der Waals surface area contributed by atoms with Gasteiger partial charge >= 0.3 is 0 Å². The van der Waals surface area contributed by atoms with Gasteiger partial charge in [-0.2, -0.15) is 9.97 Å². The summed E-state index contributed by atoms with van der Waals surface area (Å²) in [4.78, 5) is 20.2. The van der Waals surface area contributed by atoms with Crippen LogP contribution in [-0.2, 0) is 6.42 Å². The Hall–Kier alpha value is -7.80. The number of aryl methyl sites for hydroxylation is 1. The van der Waals surface area contributed by atoms with Crippen LogP contribution < -0.4 is 4.90 Å². The van der Waals surface area contributed by atoms with Crippen LogP contribution in [-0.4, -0.2) is 19.5 Å². The second-order valence-electron chi connectivity index (χ2n) is 16.0. The number of aromatic nitrogens is 4. The molecule has 0 amide bonds. The summed E-state index contributed by atoms with van der Waals surface area (Å²) in [6, 6.07) is 71.3. The standard InChI is InChI=1S/C57H39N5S/c1-4-16-38(17-5-1)43-24-15-25-46(35-43)61-50-28-12-13-29-53(50)63-54-37-45(31-33-51(54)61)42-23-14-22-41(34-42)44-30-32-48-47-26-10-11-27-49(47)62(52(48)36-44)57-59-55(39-18-6-2-7-19-39)58-56(60-57)40-20-8-3-9-21-40/h1-9,11-25,27-37H,10,26H2. The first-order valence-electron chi connectivity index (χ1n) is 21.4. The van der Waals surface area contributed by atoms with Crippen molar-refractivity contribution in [2.75, 3.05) is 4.90 Å². The zero-order valence-electron chi connectivity index (χ0n) is 34.3. The lowest BCUT2D eigenvalue weighted by Crippen LogP contribution is -2.14. The maximum Gasteiger partial charge on any atom is 0.238 e. The minimum atomic E-state index is 0.611. The van der Waals surface area contributed by atoms with Crippen LogP contribution in [0.1, 0.15) is 17.7 Å². The highest BCUT2D eigenvalue weighted by molar-refractivity contribution is 7.99. The van der Waals surface area contributed by atoms with E-state index in [0.29, 0.717) is 17.6 Å². The van der Waals surface area contributed by atoms with E-state index in [0.717, 1.165) is 52.0 Å². The van der Waals surface area contributed by atoms with Crippen LogP contribution in [0.25, 0.3) is 79.1 Å². The lowest BCUT2D eigenvalue weighted by atomic mass is 9.96. The molecule has 1 aliphatic heterocycles. The van der Waals surface area contributed by atoms with Crippen molar-refractivity contribution >= 4 is 45.8 Å². The molecule has 0 bridgehead atoms. The average molecular weight is 826 g/mol. The molecular formula is C57H39N5S. The Labute approximate surface area is 370 Å². The molecule has 0 radical (unpaired) electrons. The van der Waals surface area contributed by atoms with Crippen LogP contribution in [0.3, 0.4) is 0 Å². The van der Waals surface area contributed by atoms with Crippen molar-refractivity contribution in [3.05, 3.63) is 218 Å². The van der Waals surface area contributed by atoms with Crippen molar-refractivity contribution < 1.29 is 0 Å². The molecule has 2 aromatic heterocycles. The van der Waals surface area contributed by atoms with E-state index in [1.54, 1.807) is 0 Å². The maximum absolute atomic E-state index is 5.18. The first-order valence-corrected chi connectivity index (χ1v) is 22.2. The van der Waals surface area contributed by atoms with Gasteiger partial charge in [-0.1, -0.05) is 169 Å². The Bertz CT molecular complexity index is 3320. The third-order valence-electron chi connectivity index (χ3n) is 12.1. The molecule has 63 heavy (non-hydrogen) atoms. The Kier molecular flexibility index (Phi) is 9.16. The van der Waals surface area contributed by atoms with Gasteiger partial charge in [-0.15, -0.1) is 0 Å². The molecule has 0 saturated heterocycles. The van der Waals surface area contributed by atoms with E-state index in [4.69, 9.17) is 15.0 Å². The van der Waals surface area contributed by atoms with Gasteiger partial charge in [-0.25, -0.2) is 4.98 Å². The van der Waals surface area contributed by atoms with Crippen LogP contribution in [0.5, 0.6) is 0 Å². The summed E-state index contributed by atoms with van der Waals surface area (Å²) in [5.41, 5.74) is 16.0. The number of nitrogens with zero attached hydrogens (tertiary/aromatic N) is 5. The first-order chi connectivity index (χ1) is 31.2. The van der Waals surface area contributed by atoms with E-state index in [1.807, 2.05) is 48.2 Å². The number of para-hydroxylation sites is 1. The summed E-state index contributed by atoms with van der Waals surface area (Å²) >= 11 is 1.84. The zero-order valence-corrected chi connectivity index (χ0v) is 35.1. The topological polar surface area (TPSA) is 46.8 Å². The smallest absolute Gasteiger partial charge is 0.238 e. The molecule has 0 saturated carbocycles. The largest absolute Gasteiger partial charge is 0.308 e. The summed E-state index contributed by atoms with van der Waals surface area (Å²) in [5, 5.41) is 1.23. The van der Waals surface area contributed by atoms with Crippen molar-refractivity contribution in [2.24, 2.45) is 0 Å². The summed E-state index contributed by atoms with van der Waals surface area (Å²) in [5.74, 6) is 1.91. The molecule has 1 aliphatic carbocycles. The van der Waals surface area contributed by atoms with Crippen LogP contribution in [0.2, 0.25) is 0 Å². The molecule has 0 unspecified atom stereocenters. The predicted octanol–water partition coefficient (Wildman–Crippen LogP) is 15.0. The van der Waals surface area contributed by atoms with Gasteiger partial charge in [0.25, 0.3) is 0 Å². The van der Waals surface area contributed by atoms with Gasteiger partial charge in [0.05, 0.1) is 22.6 Å². The molecular weight excluding hydrogens is 787 g/mol. The molecule has 298 valence electrons. The fraction of sp³-hybridized carbons (Fsp3) is 0.0351. The number of benzene rings is 8. The van der Waals surface area contributed by atoms with Gasteiger partial charge in [0, 0.05) is 32.0 Å². The van der Waals surface area contributed by atoms with Crippen molar-refractivity contribution in [3.63, 3.8) is 0 Å². The third kappa shape index (κ3) is 6.72. The molecule has 12 rings (SSSR count). The van der Waals surface area contributed by atoms with Gasteiger partial charge < -0.3 is 4.90 Å². The highest BCUT2D eigenvalue weighted by Gasteiger charge is 2.26. The number of rotatable bonds is 7. The van der Waals surface area contributed by atoms with Crippen molar-refractivity contribution in [2.45, 2.75) is 22.6 Å². The number of fused-ring (bicyclic) bond motifs is 5. The molecule has 10 aromatic rings. The number of allylic oxidation sites excluding steroid dienone is 1. The Morgan fingerprint density at radius 1 is 0.429 bits per heavy atom. The third-order valence-corrected chi connectivity index (χ3v) is 13.2. The molecule has 0 spiro atoms. The lowest BCUT2D eigenvalue weighted by Gasteiger charge is -2.33. The van der Waals surface area contributed by atoms with Gasteiger partial charge in [-0.05, 0) is 106 Å². The second kappa shape index (κ2) is 15.6. The van der Waals surface area contributed by atoms with E-state index >= 15 is 0 Å². The molecule has 6 heteroatoms. The Morgan fingerprint density at radius 3 is 1.73 bits per heavy atom. The Morgan fingerprint density at radius 2 is 1.00 bits per heavy atom. The second-order valence-corrected chi connectivity index (χ2v) is 17.1. The molecule has 3 heterocycles. The highest BCUT2D eigenvalue weighted by Crippen LogP contribution is 2.52. The van der Waals surface area contributed by atoms with E-state index in [9.17, 15) is 0 Å². The van der Waals surface area contributed by atoms with E-state index in [2.05, 4.69) is 185 Å². The van der Waals surface area contributed by atoms with Crippen LogP contribution >= 0.6 is 11.8 Å². The molecule has 0 N–H and O–H groups in total. The number of hydrogen-bond acceptors (Lipinski definition) is 5. The van der Waals surface area contributed by atoms with E-state index < -0.39 is 0 Å². The molecule has 5 nitrogen and oxygen atoms in total. The normalized spacial score (nSPS) is 12.8. The first kappa shape index (κ1) is 37.0. The fourth-order valence-corrected chi connectivity index (χ4v) is 10.2. The van der Waals surface area contributed by atoms with Gasteiger partial charge in [0.1, 0.15) is 0 Å². The van der Waals surface area contributed by atoms with E-state index in [-0.39, 0.29) is 0 Å². The maximum atomic E-state index is 5.18. The SMILES string of the molecule is C1=Cc2c(c3ccc(-c4cccc(-c5ccc6c(c5)Sc5ccccc5N6c5cccc(-c6ccccc6)c5)c4)cc3n2-c2nc(-c3ccccc3)nc(-c3ccccc3)n2)CC1. The average Bonchev–Trinajstić information content (AvgIpc) is 3.70. The summed E-state index contributed by atoms with van der Waals surface area (Å²) < 4.78 is 2.24. The van der Waals surface area contributed by atoms with Crippen LogP contribution in [0, 0.1) is 0 Å². The van der Waals surface area contributed by atoms with Gasteiger partial charge in [0.2, 0.25) is 5.95 Å². The number of hydrogen-bond donors (Lipinski definition) is 0. The van der Waals surface area contributed by atoms with Crippen molar-refractivity contribution in [1.82, 2.24) is 19.5 Å². The van der Waals surface area contributed by atoms with Crippen molar-refractivity contribution in [1.29, 1.82) is 0 Å². The van der Waals surface area contributed by atoms with Crippen LogP contribution in [0.4, 0.5) is 17.1 Å². The van der Waals surface area contributed by atoms with Gasteiger partial charge in [0.15, 0.2) is 11.6 Å². The summed E-state index contributed by atoms with van der Waals surface area (Å²) in [7, 11) is 0. The predicted molar refractivity (Wildman–Crippen MR) is 260 cm³/mol. The highest BCUT2D eigenvalue weighted by atomic mass is 32.2. The molecule has 0 fully saturated rings. The van der Waals surface area contributed by atoms with Gasteiger partial charge in [-0.3, -0.25) is 4.57 Å². The molecule has 8 aromatic carbocycles. The molecule has 0 atom stereocenters. The fourth-order valence-electron chi connectivity index (χ4n) is 9.08. The summed E-state index contributed by atoms with van der Waals surface area (Å²) in [6.07, 6.45) is 6.46. The molecule has 2 aliphatic rings. The minimum Gasteiger partial charge on any atom is -0.308 e. The zero-order chi connectivity index (χ0) is 41.7. The van der Waals surface area contributed by atoms with E-state index in [1.165, 1.54) is 54.4 Å². The quantitative estimate of drug-likeness (QED) is 0.160. The van der Waals surface area contributed by atoms with Crippen molar-refractivity contribution in [3.8, 4) is 62.1 Å². The monoisotopic (exact) mass is 825 g/mol. The van der Waals surface area contributed by atoms with Crippen LogP contribution in [0.15, 0.2) is 216 Å².